The van der Waals surface area contributed by atoms with E-state index < -0.39 is 29.2 Å². The molecule has 1 fully saturated rings. The summed E-state index contributed by atoms with van der Waals surface area (Å²) in [5.74, 6) is -2.72. The minimum atomic E-state index is -1.34. The van der Waals surface area contributed by atoms with E-state index in [1.807, 2.05) is 0 Å². The SMILES string of the molecule is N[C@]1(c2cccc(F)c2F)CO[C@@H](CO)[C@@H]1CO. The van der Waals surface area contributed by atoms with E-state index >= 15 is 0 Å². The molecule has 1 aromatic rings. The Morgan fingerprint density at radius 1 is 1.33 bits per heavy atom. The number of rotatable bonds is 3. The van der Waals surface area contributed by atoms with Gasteiger partial charge in [0.1, 0.15) is 0 Å². The molecule has 0 aliphatic carbocycles. The second-order valence-electron chi connectivity index (χ2n) is 4.46. The van der Waals surface area contributed by atoms with Crippen molar-refractivity contribution in [1.82, 2.24) is 0 Å². The van der Waals surface area contributed by atoms with E-state index in [0.717, 1.165) is 6.07 Å². The van der Waals surface area contributed by atoms with Gasteiger partial charge in [-0.1, -0.05) is 12.1 Å². The molecule has 0 bridgehead atoms. The summed E-state index contributed by atoms with van der Waals surface area (Å²) in [6.45, 7) is -0.789. The zero-order valence-electron chi connectivity index (χ0n) is 9.64. The lowest BCUT2D eigenvalue weighted by Crippen LogP contribution is -2.48. The van der Waals surface area contributed by atoms with Crippen LogP contribution in [-0.2, 0) is 10.3 Å². The molecule has 4 N–H and O–H groups in total. The highest BCUT2D eigenvalue weighted by Gasteiger charge is 2.49. The molecule has 0 spiro atoms. The van der Waals surface area contributed by atoms with Crippen molar-refractivity contribution in [2.75, 3.05) is 19.8 Å². The summed E-state index contributed by atoms with van der Waals surface area (Å²) in [5.41, 5.74) is 4.69. The number of aliphatic hydroxyl groups excluding tert-OH is 2. The first-order chi connectivity index (χ1) is 8.54. The number of halogens is 2. The minimum absolute atomic E-state index is 0.0440. The van der Waals surface area contributed by atoms with Gasteiger partial charge in [-0.3, -0.25) is 0 Å². The molecule has 18 heavy (non-hydrogen) atoms. The van der Waals surface area contributed by atoms with Crippen LogP contribution in [0.25, 0.3) is 0 Å². The van der Waals surface area contributed by atoms with Gasteiger partial charge < -0.3 is 20.7 Å². The van der Waals surface area contributed by atoms with Crippen molar-refractivity contribution < 1.29 is 23.7 Å². The molecule has 6 heteroatoms. The van der Waals surface area contributed by atoms with Crippen LogP contribution >= 0.6 is 0 Å². The van der Waals surface area contributed by atoms with Crippen molar-refractivity contribution in [2.45, 2.75) is 11.6 Å². The lowest BCUT2D eigenvalue weighted by Gasteiger charge is -2.30. The zero-order chi connectivity index (χ0) is 13.3. The Labute approximate surface area is 103 Å². The van der Waals surface area contributed by atoms with Gasteiger partial charge in [-0.15, -0.1) is 0 Å². The van der Waals surface area contributed by atoms with Crippen molar-refractivity contribution in [3.8, 4) is 0 Å². The van der Waals surface area contributed by atoms with Crippen molar-refractivity contribution in [3.63, 3.8) is 0 Å². The number of nitrogens with two attached hydrogens (primary N) is 1. The Bertz CT molecular complexity index is 443. The molecule has 0 radical (unpaired) electrons. The maximum absolute atomic E-state index is 13.8. The predicted octanol–water partition coefficient (Wildman–Crippen LogP) is 0.118. The molecule has 2 rings (SSSR count). The van der Waals surface area contributed by atoms with Crippen molar-refractivity contribution in [3.05, 3.63) is 35.4 Å². The van der Waals surface area contributed by atoms with E-state index in [1.165, 1.54) is 12.1 Å². The molecule has 1 aliphatic heterocycles. The maximum atomic E-state index is 13.8. The molecule has 1 aliphatic rings. The molecule has 1 aromatic carbocycles. The van der Waals surface area contributed by atoms with Crippen LogP contribution in [0, 0.1) is 17.6 Å². The molecule has 1 heterocycles. The lowest BCUT2D eigenvalue weighted by molar-refractivity contribution is 0.0266. The molecule has 3 atom stereocenters. The third-order valence-electron chi connectivity index (χ3n) is 3.48. The van der Waals surface area contributed by atoms with E-state index in [1.54, 1.807) is 0 Å². The van der Waals surface area contributed by atoms with Crippen LogP contribution in [0.5, 0.6) is 0 Å². The average molecular weight is 259 g/mol. The second kappa shape index (κ2) is 4.89. The van der Waals surface area contributed by atoms with Gasteiger partial charge in [0.25, 0.3) is 0 Å². The monoisotopic (exact) mass is 259 g/mol. The Hall–Kier alpha value is -1.08. The van der Waals surface area contributed by atoms with Crippen molar-refractivity contribution >= 4 is 0 Å². The first kappa shape index (κ1) is 13.4. The molecule has 100 valence electrons. The van der Waals surface area contributed by atoms with Crippen LogP contribution in [0.4, 0.5) is 8.78 Å². The predicted molar refractivity (Wildman–Crippen MR) is 59.6 cm³/mol. The van der Waals surface area contributed by atoms with Crippen LogP contribution in [0.2, 0.25) is 0 Å². The molecular formula is C12H15F2NO3. The highest BCUT2D eigenvalue weighted by Crippen LogP contribution is 2.38. The number of benzene rings is 1. The summed E-state index contributed by atoms with van der Waals surface area (Å²) in [5, 5.41) is 18.4. The second-order valence-corrected chi connectivity index (χ2v) is 4.46. The third-order valence-corrected chi connectivity index (χ3v) is 3.48. The number of aliphatic hydroxyl groups is 2. The van der Waals surface area contributed by atoms with Crippen molar-refractivity contribution in [1.29, 1.82) is 0 Å². The number of hydrogen-bond donors (Lipinski definition) is 3. The Balaban J connectivity index is 2.45. The number of ether oxygens (including phenoxy) is 1. The molecule has 1 saturated heterocycles. The fourth-order valence-corrected chi connectivity index (χ4v) is 2.40. The van der Waals surface area contributed by atoms with E-state index in [0.29, 0.717) is 0 Å². The Kier molecular flexibility index (Phi) is 3.63. The van der Waals surface area contributed by atoms with Gasteiger partial charge in [0.15, 0.2) is 11.6 Å². The van der Waals surface area contributed by atoms with Crippen molar-refractivity contribution in [2.24, 2.45) is 11.7 Å². The van der Waals surface area contributed by atoms with Crippen LogP contribution in [0.1, 0.15) is 5.56 Å². The summed E-state index contributed by atoms with van der Waals surface area (Å²) in [6, 6.07) is 3.71. The van der Waals surface area contributed by atoms with Gasteiger partial charge in [0.05, 0.1) is 31.5 Å². The van der Waals surface area contributed by atoms with Crippen LogP contribution < -0.4 is 5.73 Å². The molecule has 0 unspecified atom stereocenters. The summed E-state index contributed by atoms with van der Waals surface area (Å²) in [4.78, 5) is 0. The van der Waals surface area contributed by atoms with Crippen LogP contribution in [0.3, 0.4) is 0 Å². The molecule has 4 nitrogen and oxygen atoms in total. The first-order valence-electron chi connectivity index (χ1n) is 5.61. The van der Waals surface area contributed by atoms with E-state index in [4.69, 9.17) is 15.6 Å². The van der Waals surface area contributed by atoms with Gasteiger partial charge in [0.2, 0.25) is 0 Å². The average Bonchev–Trinajstić information content (AvgIpc) is 2.70. The first-order valence-corrected chi connectivity index (χ1v) is 5.61. The fraction of sp³-hybridized carbons (Fsp3) is 0.500. The summed E-state index contributed by atoms with van der Waals surface area (Å²) in [6.07, 6.45) is -0.678. The largest absolute Gasteiger partial charge is 0.396 e. The van der Waals surface area contributed by atoms with E-state index in [9.17, 15) is 13.9 Å². The van der Waals surface area contributed by atoms with Crippen LogP contribution in [-0.4, -0.2) is 36.1 Å². The quantitative estimate of drug-likeness (QED) is 0.720. The molecule has 0 amide bonds. The normalized spacial score (nSPS) is 31.8. The smallest absolute Gasteiger partial charge is 0.163 e. The van der Waals surface area contributed by atoms with E-state index in [2.05, 4.69) is 0 Å². The summed E-state index contributed by atoms with van der Waals surface area (Å²) in [7, 11) is 0. The lowest BCUT2D eigenvalue weighted by atomic mass is 9.79. The topological polar surface area (TPSA) is 75.7 Å². The molecule has 0 aromatic heterocycles. The Morgan fingerprint density at radius 3 is 2.67 bits per heavy atom. The third kappa shape index (κ3) is 1.91. The standard InChI is InChI=1S/C12H15F2NO3/c13-9-3-1-2-7(11(9)14)12(15)6-18-10(5-17)8(12)4-16/h1-3,8,10,16-17H,4-6,15H2/t8-,10-,12-/m0/s1. The number of hydrogen-bond acceptors (Lipinski definition) is 4. The highest BCUT2D eigenvalue weighted by atomic mass is 19.2. The van der Waals surface area contributed by atoms with Crippen LogP contribution in [0.15, 0.2) is 18.2 Å². The van der Waals surface area contributed by atoms with E-state index in [-0.39, 0.29) is 25.4 Å². The van der Waals surface area contributed by atoms with Gasteiger partial charge in [-0.2, -0.15) is 0 Å². The zero-order valence-corrected chi connectivity index (χ0v) is 9.64. The van der Waals surface area contributed by atoms with Gasteiger partial charge in [0, 0.05) is 11.5 Å². The summed E-state index contributed by atoms with van der Waals surface area (Å²) < 4.78 is 32.3. The molecular weight excluding hydrogens is 244 g/mol. The fourth-order valence-electron chi connectivity index (χ4n) is 2.40. The Morgan fingerprint density at radius 2 is 2.06 bits per heavy atom. The highest BCUT2D eigenvalue weighted by molar-refractivity contribution is 5.29. The molecule has 0 saturated carbocycles. The maximum Gasteiger partial charge on any atom is 0.163 e. The van der Waals surface area contributed by atoms with Gasteiger partial charge in [-0.25, -0.2) is 8.78 Å². The van der Waals surface area contributed by atoms with Gasteiger partial charge >= 0.3 is 0 Å². The minimum Gasteiger partial charge on any atom is -0.396 e. The summed E-state index contributed by atoms with van der Waals surface area (Å²) >= 11 is 0. The van der Waals surface area contributed by atoms with Gasteiger partial charge in [-0.05, 0) is 6.07 Å².